The molecule has 1 aromatic rings. The van der Waals surface area contributed by atoms with Crippen LogP contribution in [0.1, 0.15) is 25.3 Å². The van der Waals surface area contributed by atoms with E-state index < -0.39 is 27.8 Å². The smallest absolute Gasteiger partial charge is 0.271 e. The highest BCUT2D eigenvalue weighted by atomic mass is 32.2. The number of rotatable bonds is 3. The summed E-state index contributed by atoms with van der Waals surface area (Å²) in [7, 11) is -3.95. The molecule has 1 saturated heterocycles. The minimum atomic E-state index is -4.88. The second kappa shape index (κ2) is 6.04. The van der Waals surface area contributed by atoms with Crippen LogP contribution < -0.4 is 4.72 Å². The zero-order chi connectivity index (χ0) is 16.5. The molecule has 0 saturated carbocycles. The van der Waals surface area contributed by atoms with Crippen LogP contribution in [0.25, 0.3) is 0 Å². The third kappa shape index (κ3) is 3.89. The van der Waals surface area contributed by atoms with E-state index in [0.29, 0.717) is 31.6 Å². The van der Waals surface area contributed by atoms with E-state index in [4.69, 9.17) is 0 Å². The second-order valence-electron chi connectivity index (χ2n) is 5.40. The van der Waals surface area contributed by atoms with Crippen LogP contribution in [0.5, 0.6) is 0 Å². The van der Waals surface area contributed by atoms with Crippen LogP contribution in [0, 0.1) is 11.7 Å². The van der Waals surface area contributed by atoms with Gasteiger partial charge in [0, 0.05) is 13.1 Å². The molecule has 0 amide bonds. The van der Waals surface area contributed by atoms with Crippen molar-refractivity contribution in [1.82, 2.24) is 4.31 Å². The Morgan fingerprint density at radius 1 is 1.32 bits per heavy atom. The quantitative estimate of drug-likeness (QED) is 0.859. The van der Waals surface area contributed by atoms with Crippen molar-refractivity contribution in [1.29, 1.82) is 0 Å². The van der Waals surface area contributed by atoms with Gasteiger partial charge in [-0.3, -0.25) is 4.72 Å². The summed E-state index contributed by atoms with van der Waals surface area (Å²) in [6.07, 6.45) is -3.29. The molecule has 1 aliphatic rings. The van der Waals surface area contributed by atoms with Crippen LogP contribution >= 0.6 is 0 Å². The Labute approximate surface area is 126 Å². The lowest BCUT2D eigenvalue weighted by Crippen LogP contribution is -2.42. The van der Waals surface area contributed by atoms with Crippen molar-refractivity contribution in [3.05, 3.63) is 29.6 Å². The molecule has 9 heteroatoms. The van der Waals surface area contributed by atoms with Gasteiger partial charge in [-0.15, -0.1) is 0 Å². The summed E-state index contributed by atoms with van der Waals surface area (Å²) in [4.78, 5) is 0. The monoisotopic (exact) mass is 340 g/mol. The molecule has 0 spiro atoms. The van der Waals surface area contributed by atoms with Crippen molar-refractivity contribution < 1.29 is 26.0 Å². The first kappa shape index (κ1) is 17.0. The van der Waals surface area contributed by atoms with Gasteiger partial charge in [0.1, 0.15) is 5.82 Å². The minimum Gasteiger partial charge on any atom is -0.271 e. The third-order valence-electron chi connectivity index (χ3n) is 3.48. The Balaban J connectivity index is 2.23. The zero-order valence-electron chi connectivity index (χ0n) is 11.8. The maximum absolute atomic E-state index is 13.2. The molecular weight excluding hydrogens is 324 g/mol. The molecule has 1 N–H and O–H groups in total. The normalized spacial score (nSPS) is 20.9. The van der Waals surface area contributed by atoms with E-state index in [-0.39, 0.29) is 11.6 Å². The standard InChI is InChI=1S/C13H16F4N2O2S/c1-9-3-2-6-19(8-9)22(20,21)18-10-4-5-12(14)11(7-10)13(15,16)17/h4-5,7,9,18H,2-3,6,8H2,1H3. The van der Waals surface area contributed by atoms with Gasteiger partial charge in [0.25, 0.3) is 0 Å². The van der Waals surface area contributed by atoms with E-state index in [1.165, 1.54) is 4.31 Å². The van der Waals surface area contributed by atoms with Crippen LogP contribution in [0.2, 0.25) is 0 Å². The largest absolute Gasteiger partial charge is 0.419 e. The highest BCUT2D eigenvalue weighted by molar-refractivity contribution is 7.90. The van der Waals surface area contributed by atoms with Crippen molar-refractivity contribution in [2.45, 2.75) is 25.9 Å². The van der Waals surface area contributed by atoms with Gasteiger partial charge in [0.05, 0.1) is 11.3 Å². The van der Waals surface area contributed by atoms with E-state index in [1.807, 2.05) is 6.92 Å². The second-order valence-corrected chi connectivity index (χ2v) is 7.08. The summed E-state index contributed by atoms with van der Waals surface area (Å²) in [5.74, 6) is -1.26. The predicted octanol–water partition coefficient (Wildman–Crippen LogP) is 3.23. The van der Waals surface area contributed by atoms with Gasteiger partial charge in [0.2, 0.25) is 0 Å². The number of nitrogens with one attached hydrogen (secondary N) is 1. The summed E-state index contributed by atoms with van der Waals surface area (Å²) in [5, 5.41) is 0. The number of halogens is 4. The summed E-state index contributed by atoms with van der Waals surface area (Å²) in [6.45, 7) is 2.52. The number of nitrogens with zero attached hydrogens (tertiary/aromatic N) is 1. The Morgan fingerprint density at radius 3 is 2.59 bits per heavy atom. The van der Waals surface area contributed by atoms with E-state index in [2.05, 4.69) is 4.72 Å². The first-order valence-corrected chi connectivity index (χ1v) is 8.18. The number of anilines is 1. The molecule has 22 heavy (non-hydrogen) atoms. The number of piperidine rings is 1. The fourth-order valence-electron chi connectivity index (χ4n) is 2.38. The average Bonchev–Trinajstić information content (AvgIpc) is 2.39. The van der Waals surface area contributed by atoms with Crippen molar-refractivity contribution in [3.8, 4) is 0 Å². The number of benzene rings is 1. The van der Waals surface area contributed by atoms with Gasteiger partial charge in [-0.25, -0.2) is 4.39 Å². The summed E-state index contributed by atoms with van der Waals surface area (Å²) < 4.78 is 78.8. The fourth-order valence-corrected chi connectivity index (χ4v) is 3.76. The van der Waals surface area contributed by atoms with Crippen LogP contribution in [-0.4, -0.2) is 25.8 Å². The van der Waals surface area contributed by atoms with Crippen LogP contribution in [0.15, 0.2) is 18.2 Å². The topological polar surface area (TPSA) is 49.4 Å². The highest BCUT2D eigenvalue weighted by Crippen LogP contribution is 2.33. The third-order valence-corrected chi connectivity index (χ3v) is 4.98. The van der Waals surface area contributed by atoms with E-state index in [9.17, 15) is 26.0 Å². The average molecular weight is 340 g/mol. The molecule has 2 rings (SSSR count). The number of hydrogen-bond donors (Lipinski definition) is 1. The van der Waals surface area contributed by atoms with Gasteiger partial charge in [-0.2, -0.15) is 25.9 Å². The fraction of sp³-hybridized carbons (Fsp3) is 0.538. The highest BCUT2D eigenvalue weighted by Gasteiger charge is 2.35. The zero-order valence-corrected chi connectivity index (χ0v) is 12.6. The van der Waals surface area contributed by atoms with Crippen LogP contribution in [-0.2, 0) is 16.4 Å². The summed E-state index contributed by atoms with van der Waals surface area (Å²) in [6, 6.07) is 2.02. The lowest BCUT2D eigenvalue weighted by Gasteiger charge is -2.30. The first-order valence-electron chi connectivity index (χ1n) is 6.74. The molecule has 1 fully saturated rings. The van der Waals surface area contributed by atoms with Gasteiger partial charge in [-0.05, 0) is 37.0 Å². The number of alkyl halides is 3. The van der Waals surface area contributed by atoms with Gasteiger partial charge < -0.3 is 0 Å². The Kier molecular flexibility index (Phi) is 4.67. The lowest BCUT2D eigenvalue weighted by atomic mass is 10.0. The molecule has 1 heterocycles. The molecule has 4 nitrogen and oxygen atoms in total. The lowest BCUT2D eigenvalue weighted by molar-refractivity contribution is -0.139. The number of hydrogen-bond acceptors (Lipinski definition) is 2. The van der Waals surface area contributed by atoms with E-state index >= 15 is 0 Å². The Morgan fingerprint density at radius 2 is 2.00 bits per heavy atom. The van der Waals surface area contributed by atoms with Crippen molar-refractivity contribution in [2.75, 3.05) is 17.8 Å². The van der Waals surface area contributed by atoms with Gasteiger partial charge in [-0.1, -0.05) is 6.92 Å². The van der Waals surface area contributed by atoms with Crippen molar-refractivity contribution in [3.63, 3.8) is 0 Å². The molecule has 1 unspecified atom stereocenters. The van der Waals surface area contributed by atoms with E-state index in [1.54, 1.807) is 0 Å². The van der Waals surface area contributed by atoms with Crippen molar-refractivity contribution in [2.24, 2.45) is 5.92 Å². The minimum absolute atomic E-state index is 0.185. The molecule has 0 bridgehead atoms. The van der Waals surface area contributed by atoms with Crippen LogP contribution in [0.4, 0.5) is 23.2 Å². The molecule has 1 aliphatic heterocycles. The van der Waals surface area contributed by atoms with E-state index in [0.717, 1.165) is 12.5 Å². The molecule has 1 atom stereocenters. The SMILES string of the molecule is CC1CCCN(S(=O)(=O)Nc2ccc(F)c(C(F)(F)F)c2)C1. The molecule has 0 aliphatic carbocycles. The molecule has 1 aromatic carbocycles. The maximum atomic E-state index is 13.2. The molecule has 0 radical (unpaired) electrons. The first-order chi connectivity index (χ1) is 10.1. The Bertz CT molecular complexity index is 646. The van der Waals surface area contributed by atoms with Gasteiger partial charge >= 0.3 is 16.4 Å². The van der Waals surface area contributed by atoms with Crippen molar-refractivity contribution >= 4 is 15.9 Å². The summed E-state index contributed by atoms with van der Waals surface area (Å²) in [5.41, 5.74) is -1.81. The van der Waals surface area contributed by atoms with Crippen LogP contribution in [0.3, 0.4) is 0 Å². The predicted molar refractivity (Wildman–Crippen MR) is 73.9 cm³/mol. The molecular formula is C13H16F4N2O2S. The molecule has 124 valence electrons. The summed E-state index contributed by atoms with van der Waals surface area (Å²) >= 11 is 0. The molecule has 0 aromatic heterocycles. The van der Waals surface area contributed by atoms with Gasteiger partial charge in [0.15, 0.2) is 0 Å². The Hall–Kier alpha value is -1.35. The maximum Gasteiger partial charge on any atom is 0.419 e.